The Morgan fingerprint density at radius 2 is 1.89 bits per heavy atom. The van der Waals surface area contributed by atoms with Gasteiger partial charge in [-0.1, -0.05) is 44.9 Å². The summed E-state index contributed by atoms with van der Waals surface area (Å²) >= 11 is 0. The van der Waals surface area contributed by atoms with Gasteiger partial charge in [-0.05, 0) is 24.7 Å². The highest BCUT2D eigenvalue weighted by Crippen LogP contribution is 2.48. The molecule has 2 atom stereocenters. The van der Waals surface area contributed by atoms with Gasteiger partial charge in [0.1, 0.15) is 0 Å². The van der Waals surface area contributed by atoms with Gasteiger partial charge in [-0.25, -0.2) is 0 Å². The normalized spacial score (nSPS) is 33.5. The SMILES string of the molecule is Cn1cc(C2(O)CCCCC2C2CCCCC2)cn1. The molecule has 2 aliphatic carbocycles. The zero-order valence-corrected chi connectivity index (χ0v) is 12.0. The summed E-state index contributed by atoms with van der Waals surface area (Å²) in [6.07, 6.45) is 15.1. The Kier molecular flexibility index (Phi) is 3.66. The Hall–Kier alpha value is -0.830. The monoisotopic (exact) mass is 262 g/mol. The van der Waals surface area contributed by atoms with Crippen LogP contribution >= 0.6 is 0 Å². The first-order chi connectivity index (χ1) is 9.20. The Morgan fingerprint density at radius 3 is 2.58 bits per heavy atom. The second-order valence-corrected chi connectivity index (χ2v) is 6.58. The number of aryl methyl sites for hydroxylation is 1. The van der Waals surface area contributed by atoms with Crippen LogP contribution in [0.2, 0.25) is 0 Å². The zero-order chi connectivity index (χ0) is 13.3. The van der Waals surface area contributed by atoms with Gasteiger partial charge < -0.3 is 5.11 Å². The summed E-state index contributed by atoms with van der Waals surface area (Å²) in [6.45, 7) is 0. The Labute approximate surface area is 116 Å². The smallest absolute Gasteiger partial charge is 0.0957 e. The fourth-order valence-electron chi connectivity index (χ4n) is 4.35. The molecular formula is C16H26N2O. The molecule has 0 aromatic carbocycles. The van der Waals surface area contributed by atoms with Gasteiger partial charge in [0, 0.05) is 18.8 Å². The summed E-state index contributed by atoms with van der Waals surface area (Å²) < 4.78 is 1.82. The van der Waals surface area contributed by atoms with Crippen LogP contribution in [-0.4, -0.2) is 14.9 Å². The van der Waals surface area contributed by atoms with Crippen LogP contribution in [0.25, 0.3) is 0 Å². The quantitative estimate of drug-likeness (QED) is 0.887. The third-order valence-electron chi connectivity index (χ3n) is 5.36. The third kappa shape index (κ3) is 2.45. The fraction of sp³-hybridized carbons (Fsp3) is 0.812. The van der Waals surface area contributed by atoms with Crippen molar-refractivity contribution in [1.82, 2.24) is 9.78 Å². The molecule has 0 amide bonds. The van der Waals surface area contributed by atoms with E-state index in [0.29, 0.717) is 5.92 Å². The van der Waals surface area contributed by atoms with Crippen molar-refractivity contribution in [3.63, 3.8) is 0 Å². The van der Waals surface area contributed by atoms with Crippen molar-refractivity contribution in [2.24, 2.45) is 18.9 Å². The largest absolute Gasteiger partial charge is 0.385 e. The predicted molar refractivity (Wildman–Crippen MR) is 75.6 cm³/mol. The van der Waals surface area contributed by atoms with Gasteiger partial charge in [-0.2, -0.15) is 5.10 Å². The van der Waals surface area contributed by atoms with Crippen molar-refractivity contribution < 1.29 is 5.11 Å². The van der Waals surface area contributed by atoms with Crippen LogP contribution in [0.15, 0.2) is 12.4 Å². The number of hydrogen-bond donors (Lipinski definition) is 1. The van der Waals surface area contributed by atoms with Gasteiger partial charge in [-0.15, -0.1) is 0 Å². The van der Waals surface area contributed by atoms with Crippen molar-refractivity contribution in [2.75, 3.05) is 0 Å². The highest BCUT2D eigenvalue weighted by atomic mass is 16.3. The Morgan fingerprint density at radius 1 is 1.16 bits per heavy atom. The molecule has 0 aliphatic heterocycles. The van der Waals surface area contributed by atoms with Crippen LogP contribution in [0.5, 0.6) is 0 Å². The Bertz CT molecular complexity index is 422. The van der Waals surface area contributed by atoms with Crippen molar-refractivity contribution >= 4 is 0 Å². The number of hydrogen-bond acceptors (Lipinski definition) is 2. The minimum atomic E-state index is -0.617. The van der Waals surface area contributed by atoms with Gasteiger partial charge in [0.25, 0.3) is 0 Å². The lowest BCUT2D eigenvalue weighted by atomic mass is 9.64. The molecule has 2 unspecified atom stereocenters. The lowest BCUT2D eigenvalue weighted by Crippen LogP contribution is -2.42. The Balaban J connectivity index is 1.86. The molecule has 3 rings (SSSR count). The molecule has 3 nitrogen and oxygen atoms in total. The second kappa shape index (κ2) is 5.28. The van der Waals surface area contributed by atoms with Gasteiger partial charge in [0.15, 0.2) is 0 Å². The van der Waals surface area contributed by atoms with Gasteiger partial charge in [-0.3, -0.25) is 4.68 Å². The number of rotatable bonds is 2. The summed E-state index contributed by atoms with van der Waals surface area (Å²) in [4.78, 5) is 0. The molecule has 0 spiro atoms. The highest BCUT2D eigenvalue weighted by Gasteiger charge is 2.44. The van der Waals surface area contributed by atoms with Crippen LogP contribution in [0.4, 0.5) is 0 Å². The maximum atomic E-state index is 11.3. The van der Waals surface area contributed by atoms with Gasteiger partial charge >= 0.3 is 0 Å². The van der Waals surface area contributed by atoms with E-state index in [1.165, 1.54) is 44.9 Å². The summed E-state index contributed by atoms with van der Waals surface area (Å²) in [7, 11) is 1.94. The average molecular weight is 262 g/mol. The van der Waals surface area contributed by atoms with E-state index in [2.05, 4.69) is 5.10 Å². The van der Waals surface area contributed by atoms with E-state index in [1.54, 1.807) is 0 Å². The lowest BCUT2D eigenvalue weighted by molar-refractivity contribution is -0.0835. The van der Waals surface area contributed by atoms with Gasteiger partial charge in [0.2, 0.25) is 0 Å². The molecule has 1 aromatic rings. The summed E-state index contributed by atoms with van der Waals surface area (Å²) in [6, 6.07) is 0. The van der Waals surface area contributed by atoms with Crippen LogP contribution in [0, 0.1) is 11.8 Å². The maximum Gasteiger partial charge on any atom is 0.0957 e. The topological polar surface area (TPSA) is 38.0 Å². The standard InChI is InChI=1S/C16H26N2O/c1-18-12-14(11-17-18)16(19)10-6-5-9-15(16)13-7-3-2-4-8-13/h11-13,15,19H,2-10H2,1H3. The maximum absolute atomic E-state index is 11.3. The highest BCUT2D eigenvalue weighted by molar-refractivity contribution is 5.18. The van der Waals surface area contributed by atoms with E-state index in [9.17, 15) is 5.11 Å². The summed E-state index contributed by atoms with van der Waals surface area (Å²) in [5.41, 5.74) is 0.430. The molecule has 1 aromatic heterocycles. The molecular weight excluding hydrogens is 236 g/mol. The fourth-order valence-corrected chi connectivity index (χ4v) is 4.35. The zero-order valence-electron chi connectivity index (χ0n) is 12.0. The van der Waals surface area contributed by atoms with Crippen molar-refractivity contribution in [3.8, 4) is 0 Å². The van der Waals surface area contributed by atoms with Crippen LogP contribution in [0.3, 0.4) is 0 Å². The molecule has 1 N–H and O–H groups in total. The van der Waals surface area contributed by atoms with Crippen molar-refractivity contribution in [2.45, 2.75) is 63.4 Å². The van der Waals surface area contributed by atoms with E-state index in [-0.39, 0.29) is 0 Å². The number of aliphatic hydroxyl groups is 1. The van der Waals surface area contributed by atoms with Crippen LogP contribution in [-0.2, 0) is 12.6 Å². The minimum Gasteiger partial charge on any atom is -0.385 e. The molecule has 2 saturated carbocycles. The molecule has 3 heteroatoms. The minimum absolute atomic E-state index is 0.450. The van der Waals surface area contributed by atoms with Crippen LogP contribution < -0.4 is 0 Å². The van der Waals surface area contributed by atoms with Crippen LogP contribution in [0.1, 0.15) is 63.4 Å². The molecule has 2 aliphatic rings. The summed E-state index contributed by atoms with van der Waals surface area (Å²) in [5, 5.41) is 15.6. The van der Waals surface area contributed by atoms with E-state index in [0.717, 1.165) is 24.3 Å². The van der Waals surface area contributed by atoms with Gasteiger partial charge in [0.05, 0.1) is 11.8 Å². The summed E-state index contributed by atoms with van der Waals surface area (Å²) in [5.74, 6) is 1.17. The molecule has 2 fully saturated rings. The average Bonchev–Trinajstić information content (AvgIpc) is 2.88. The molecule has 0 radical (unpaired) electrons. The third-order valence-corrected chi connectivity index (χ3v) is 5.36. The van der Waals surface area contributed by atoms with Crippen molar-refractivity contribution in [1.29, 1.82) is 0 Å². The van der Waals surface area contributed by atoms with E-state index in [4.69, 9.17) is 0 Å². The van der Waals surface area contributed by atoms with Crippen molar-refractivity contribution in [3.05, 3.63) is 18.0 Å². The molecule has 0 saturated heterocycles. The molecule has 1 heterocycles. The lowest BCUT2D eigenvalue weighted by Gasteiger charge is -2.45. The van der Waals surface area contributed by atoms with E-state index in [1.807, 2.05) is 24.1 Å². The van der Waals surface area contributed by atoms with E-state index < -0.39 is 5.60 Å². The first kappa shape index (κ1) is 13.2. The molecule has 0 bridgehead atoms. The molecule has 19 heavy (non-hydrogen) atoms. The first-order valence-corrected chi connectivity index (χ1v) is 7.91. The molecule has 106 valence electrons. The number of nitrogens with zero attached hydrogens (tertiary/aromatic N) is 2. The van der Waals surface area contributed by atoms with E-state index >= 15 is 0 Å². The number of aromatic nitrogens is 2. The first-order valence-electron chi connectivity index (χ1n) is 7.91. The predicted octanol–water partition coefficient (Wildman–Crippen LogP) is 3.38. The second-order valence-electron chi connectivity index (χ2n) is 6.58.